The highest BCUT2D eigenvalue weighted by Gasteiger charge is 2.10. The number of hydrogen-bond acceptors (Lipinski definition) is 5. The van der Waals surface area contributed by atoms with Gasteiger partial charge in [-0.05, 0) is 36.8 Å². The SMILES string of the molecule is COc1ccc(C(C)=O)c(OCc2ccnc(C#N)c2)c1. The van der Waals surface area contributed by atoms with E-state index in [1.54, 1.807) is 43.6 Å². The summed E-state index contributed by atoms with van der Waals surface area (Å²) in [5.41, 5.74) is 1.62. The van der Waals surface area contributed by atoms with Crippen molar-refractivity contribution in [2.75, 3.05) is 7.11 Å². The van der Waals surface area contributed by atoms with Crippen molar-refractivity contribution in [3.8, 4) is 17.6 Å². The number of nitrogens with zero attached hydrogens (tertiary/aromatic N) is 2. The van der Waals surface area contributed by atoms with Crippen LogP contribution in [-0.2, 0) is 6.61 Å². The molecular formula is C16H14N2O3. The summed E-state index contributed by atoms with van der Waals surface area (Å²) in [6, 6.07) is 10.4. The number of benzene rings is 1. The van der Waals surface area contributed by atoms with Crippen molar-refractivity contribution in [3.05, 3.63) is 53.3 Å². The van der Waals surface area contributed by atoms with Gasteiger partial charge in [-0.3, -0.25) is 4.79 Å². The molecule has 21 heavy (non-hydrogen) atoms. The van der Waals surface area contributed by atoms with Crippen molar-refractivity contribution in [2.24, 2.45) is 0 Å². The zero-order chi connectivity index (χ0) is 15.2. The lowest BCUT2D eigenvalue weighted by molar-refractivity contribution is 0.101. The molecule has 0 spiro atoms. The van der Waals surface area contributed by atoms with E-state index in [-0.39, 0.29) is 12.4 Å². The maximum absolute atomic E-state index is 11.6. The van der Waals surface area contributed by atoms with Gasteiger partial charge in [0.2, 0.25) is 0 Å². The lowest BCUT2D eigenvalue weighted by Gasteiger charge is -2.11. The van der Waals surface area contributed by atoms with E-state index >= 15 is 0 Å². The molecule has 0 radical (unpaired) electrons. The molecule has 2 aromatic rings. The number of hydrogen-bond donors (Lipinski definition) is 0. The highest BCUT2D eigenvalue weighted by Crippen LogP contribution is 2.26. The molecule has 1 aromatic heterocycles. The number of Topliss-reactive ketones (excluding diaryl/α,β-unsaturated/α-hetero) is 1. The van der Waals surface area contributed by atoms with Crippen molar-refractivity contribution >= 4 is 5.78 Å². The quantitative estimate of drug-likeness (QED) is 0.788. The predicted octanol–water partition coefficient (Wildman–Crippen LogP) is 2.74. The fourth-order valence-corrected chi connectivity index (χ4v) is 1.83. The van der Waals surface area contributed by atoms with Crippen LogP contribution in [0.4, 0.5) is 0 Å². The Morgan fingerprint density at radius 2 is 2.14 bits per heavy atom. The average Bonchev–Trinajstić information content (AvgIpc) is 2.52. The maximum atomic E-state index is 11.6. The van der Waals surface area contributed by atoms with Crippen molar-refractivity contribution in [1.82, 2.24) is 4.98 Å². The van der Waals surface area contributed by atoms with Gasteiger partial charge >= 0.3 is 0 Å². The largest absolute Gasteiger partial charge is 0.497 e. The summed E-state index contributed by atoms with van der Waals surface area (Å²) < 4.78 is 10.8. The van der Waals surface area contributed by atoms with E-state index < -0.39 is 0 Å². The van der Waals surface area contributed by atoms with Gasteiger partial charge in [0.15, 0.2) is 5.78 Å². The topological polar surface area (TPSA) is 72.2 Å². The summed E-state index contributed by atoms with van der Waals surface area (Å²) in [4.78, 5) is 15.5. The highest BCUT2D eigenvalue weighted by molar-refractivity contribution is 5.97. The third-order valence-corrected chi connectivity index (χ3v) is 2.90. The predicted molar refractivity (Wildman–Crippen MR) is 76.3 cm³/mol. The molecule has 106 valence electrons. The Morgan fingerprint density at radius 3 is 2.81 bits per heavy atom. The first-order valence-electron chi connectivity index (χ1n) is 6.31. The van der Waals surface area contributed by atoms with Crippen LogP contribution < -0.4 is 9.47 Å². The number of carbonyl (C=O) groups is 1. The van der Waals surface area contributed by atoms with Gasteiger partial charge in [-0.2, -0.15) is 5.26 Å². The van der Waals surface area contributed by atoms with Crippen molar-refractivity contribution < 1.29 is 14.3 Å². The second-order valence-corrected chi connectivity index (χ2v) is 4.37. The summed E-state index contributed by atoms with van der Waals surface area (Å²) in [6.07, 6.45) is 1.55. The Bertz CT molecular complexity index is 705. The van der Waals surface area contributed by atoms with Crippen LogP contribution in [0.5, 0.6) is 11.5 Å². The van der Waals surface area contributed by atoms with Gasteiger partial charge in [0, 0.05) is 12.3 Å². The first-order valence-corrected chi connectivity index (χ1v) is 6.31. The van der Waals surface area contributed by atoms with E-state index in [9.17, 15) is 4.79 Å². The van der Waals surface area contributed by atoms with Gasteiger partial charge in [-0.25, -0.2) is 4.98 Å². The molecule has 0 unspecified atom stereocenters. The van der Waals surface area contributed by atoms with Crippen LogP contribution in [0.1, 0.15) is 28.5 Å². The van der Waals surface area contributed by atoms with E-state index in [4.69, 9.17) is 14.7 Å². The van der Waals surface area contributed by atoms with E-state index in [1.165, 1.54) is 6.92 Å². The Labute approximate surface area is 122 Å². The van der Waals surface area contributed by atoms with Gasteiger partial charge in [0.25, 0.3) is 0 Å². The number of methoxy groups -OCH3 is 1. The van der Waals surface area contributed by atoms with E-state index in [0.29, 0.717) is 22.8 Å². The molecule has 0 aliphatic carbocycles. The molecule has 5 heteroatoms. The zero-order valence-corrected chi connectivity index (χ0v) is 11.8. The third kappa shape index (κ3) is 3.57. The number of rotatable bonds is 5. The number of nitriles is 1. The number of ketones is 1. The fraction of sp³-hybridized carbons (Fsp3) is 0.188. The highest BCUT2D eigenvalue weighted by atomic mass is 16.5. The monoisotopic (exact) mass is 282 g/mol. The number of aromatic nitrogens is 1. The van der Waals surface area contributed by atoms with Crippen LogP contribution in [0.2, 0.25) is 0 Å². The lowest BCUT2D eigenvalue weighted by Crippen LogP contribution is -2.02. The third-order valence-electron chi connectivity index (χ3n) is 2.90. The van der Waals surface area contributed by atoms with Crippen LogP contribution in [0.15, 0.2) is 36.5 Å². The fourth-order valence-electron chi connectivity index (χ4n) is 1.83. The molecule has 0 saturated heterocycles. The molecule has 1 aromatic carbocycles. The molecule has 0 aliphatic rings. The minimum atomic E-state index is -0.0832. The van der Waals surface area contributed by atoms with Crippen LogP contribution in [0, 0.1) is 11.3 Å². The average molecular weight is 282 g/mol. The van der Waals surface area contributed by atoms with E-state index in [2.05, 4.69) is 4.98 Å². The second-order valence-electron chi connectivity index (χ2n) is 4.37. The summed E-state index contributed by atoms with van der Waals surface area (Å²) in [5, 5.41) is 8.82. The van der Waals surface area contributed by atoms with Gasteiger partial charge in [0.05, 0.1) is 12.7 Å². The molecule has 5 nitrogen and oxygen atoms in total. The van der Waals surface area contributed by atoms with Crippen LogP contribution >= 0.6 is 0 Å². The minimum Gasteiger partial charge on any atom is -0.497 e. The smallest absolute Gasteiger partial charge is 0.163 e. The number of carbonyl (C=O) groups excluding carboxylic acids is 1. The van der Waals surface area contributed by atoms with Gasteiger partial charge in [-0.1, -0.05) is 0 Å². The van der Waals surface area contributed by atoms with E-state index in [0.717, 1.165) is 5.56 Å². The Hall–Kier alpha value is -2.87. The van der Waals surface area contributed by atoms with Crippen LogP contribution in [0.25, 0.3) is 0 Å². The van der Waals surface area contributed by atoms with Gasteiger partial charge in [0.1, 0.15) is 29.9 Å². The summed E-state index contributed by atoms with van der Waals surface area (Å²) in [7, 11) is 1.55. The summed E-state index contributed by atoms with van der Waals surface area (Å²) >= 11 is 0. The molecule has 0 fully saturated rings. The molecule has 0 N–H and O–H groups in total. The Balaban J connectivity index is 2.22. The Morgan fingerprint density at radius 1 is 1.33 bits per heavy atom. The first-order chi connectivity index (χ1) is 10.1. The molecule has 0 bridgehead atoms. The number of pyridine rings is 1. The van der Waals surface area contributed by atoms with Crippen LogP contribution in [0.3, 0.4) is 0 Å². The molecule has 0 aliphatic heterocycles. The first kappa shape index (κ1) is 14.5. The summed E-state index contributed by atoms with van der Waals surface area (Å²) in [6.45, 7) is 1.72. The van der Waals surface area contributed by atoms with Crippen molar-refractivity contribution in [3.63, 3.8) is 0 Å². The van der Waals surface area contributed by atoms with Crippen molar-refractivity contribution in [1.29, 1.82) is 5.26 Å². The molecule has 0 atom stereocenters. The zero-order valence-electron chi connectivity index (χ0n) is 11.8. The number of ether oxygens (including phenoxy) is 2. The van der Waals surface area contributed by atoms with Gasteiger partial charge < -0.3 is 9.47 Å². The van der Waals surface area contributed by atoms with E-state index in [1.807, 2.05) is 6.07 Å². The normalized spacial score (nSPS) is 9.76. The standard InChI is InChI=1S/C16H14N2O3/c1-11(19)15-4-3-14(20-2)8-16(15)21-10-12-5-6-18-13(7-12)9-17/h3-8H,10H2,1-2H3. The maximum Gasteiger partial charge on any atom is 0.163 e. The Kier molecular flexibility index (Phi) is 4.52. The van der Waals surface area contributed by atoms with Gasteiger partial charge in [-0.15, -0.1) is 0 Å². The minimum absolute atomic E-state index is 0.0832. The second kappa shape index (κ2) is 6.53. The molecule has 0 amide bonds. The molecule has 1 heterocycles. The molecular weight excluding hydrogens is 268 g/mol. The lowest BCUT2D eigenvalue weighted by atomic mass is 10.1. The molecule has 0 saturated carbocycles. The summed E-state index contributed by atoms with van der Waals surface area (Å²) in [5.74, 6) is 0.986. The van der Waals surface area contributed by atoms with Crippen molar-refractivity contribution in [2.45, 2.75) is 13.5 Å². The van der Waals surface area contributed by atoms with Crippen LogP contribution in [-0.4, -0.2) is 17.9 Å². The molecule has 2 rings (SSSR count).